The number of nitrogens with zero attached hydrogens (tertiary/aromatic N) is 1. The topological polar surface area (TPSA) is 71.4 Å². The van der Waals surface area contributed by atoms with Crippen molar-refractivity contribution in [3.8, 4) is 0 Å². The van der Waals surface area contributed by atoms with E-state index in [2.05, 4.69) is 28.1 Å². The summed E-state index contributed by atoms with van der Waals surface area (Å²) in [7, 11) is 0. The smallest absolute Gasteiger partial charge is 0.248 e. The molecule has 1 aliphatic rings. The molecule has 5 heteroatoms. The van der Waals surface area contributed by atoms with Crippen LogP contribution in [-0.4, -0.2) is 37.2 Å². The van der Waals surface area contributed by atoms with Gasteiger partial charge in [0.25, 0.3) is 0 Å². The Bertz CT molecular complexity index is 863. The van der Waals surface area contributed by atoms with Crippen molar-refractivity contribution in [2.75, 3.05) is 31.2 Å². The standard InChI is InChI=1S/C17H17N3O2/c18-17(21)11-1-4-15-14(9-11)13-3-2-12(10-16(13)19-15)20-5-7-22-8-6-20/h1-4,9-10,19H,5-8H2,(H2,18,21). The second kappa shape index (κ2) is 5.03. The van der Waals surface area contributed by atoms with Crippen molar-refractivity contribution in [3.63, 3.8) is 0 Å². The van der Waals surface area contributed by atoms with E-state index in [-0.39, 0.29) is 0 Å². The molecule has 22 heavy (non-hydrogen) atoms. The Labute approximate surface area is 127 Å². The van der Waals surface area contributed by atoms with Gasteiger partial charge in [-0.1, -0.05) is 6.07 Å². The molecule has 4 rings (SSSR count). The Balaban J connectivity index is 1.83. The lowest BCUT2D eigenvalue weighted by molar-refractivity contribution is 0.100. The number of benzene rings is 2. The minimum Gasteiger partial charge on any atom is -0.378 e. The van der Waals surface area contributed by atoms with E-state index in [0.717, 1.165) is 48.1 Å². The second-order valence-corrected chi connectivity index (χ2v) is 5.58. The molecule has 0 bridgehead atoms. The van der Waals surface area contributed by atoms with E-state index >= 15 is 0 Å². The van der Waals surface area contributed by atoms with Crippen LogP contribution in [0.1, 0.15) is 10.4 Å². The molecule has 1 aromatic heterocycles. The van der Waals surface area contributed by atoms with Gasteiger partial charge < -0.3 is 20.4 Å². The van der Waals surface area contributed by atoms with Crippen LogP contribution in [0.25, 0.3) is 21.8 Å². The van der Waals surface area contributed by atoms with Crippen LogP contribution in [0.4, 0.5) is 5.69 Å². The van der Waals surface area contributed by atoms with Gasteiger partial charge in [0.05, 0.1) is 13.2 Å². The van der Waals surface area contributed by atoms with Crippen LogP contribution in [0.2, 0.25) is 0 Å². The van der Waals surface area contributed by atoms with Crippen LogP contribution in [-0.2, 0) is 4.74 Å². The van der Waals surface area contributed by atoms with E-state index in [0.29, 0.717) is 5.56 Å². The number of H-pyrrole nitrogens is 1. The summed E-state index contributed by atoms with van der Waals surface area (Å²) in [6.07, 6.45) is 0. The van der Waals surface area contributed by atoms with Gasteiger partial charge >= 0.3 is 0 Å². The highest BCUT2D eigenvalue weighted by atomic mass is 16.5. The van der Waals surface area contributed by atoms with E-state index in [9.17, 15) is 4.79 Å². The minimum atomic E-state index is -0.402. The molecule has 1 aliphatic heterocycles. The molecular formula is C17H17N3O2. The predicted octanol–water partition coefficient (Wildman–Crippen LogP) is 2.26. The van der Waals surface area contributed by atoms with Crippen LogP contribution in [0.5, 0.6) is 0 Å². The number of aromatic amines is 1. The summed E-state index contributed by atoms with van der Waals surface area (Å²) >= 11 is 0. The maximum Gasteiger partial charge on any atom is 0.248 e. The van der Waals surface area contributed by atoms with Gasteiger partial charge in [0, 0.05) is 46.1 Å². The summed E-state index contributed by atoms with van der Waals surface area (Å²) in [6.45, 7) is 3.37. The quantitative estimate of drug-likeness (QED) is 0.761. The zero-order chi connectivity index (χ0) is 15.1. The van der Waals surface area contributed by atoms with Crippen molar-refractivity contribution in [2.24, 2.45) is 5.73 Å². The number of nitrogens with two attached hydrogens (primary N) is 1. The van der Waals surface area contributed by atoms with Gasteiger partial charge in [0.2, 0.25) is 5.91 Å². The number of carbonyl (C=O) groups is 1. The summed E-state index contributed by atoms with van der Waals surface area (Å²) in [5, 5.41) is 2.13. The number of ether oxygens (including phenoxy) is 1. The predicted molar refractivity (Wildman–Crippen MR) is 87.4 cm³/mol. The van der Waals surface area contributed by atoms with Crippen molar-refractivity contribution >= 4 is 33.4 Å². The highest BCUT2D eigenvalue weighted by Crippen LogP contribution is 2.29. The second-order valence-electron chi connectivity index (χ2n) is 5.58. The molecule has 3 aromatic rings. The number of primary amides is 1. The number of hydrogen-bond donors (Lipinski definition) is 2. The molecule has 2 aromatic carbocycles. The van der Waals surface area contributed by atoms with Gasteiger partial charge in [-0.05, 0) is 30.3 Å². The first kappa shape index (κ1) is 13.2. The molecule has 5 nitrogen and oxygen atoms in total. The normalized spacial score (nSPS) is 15.5. The Kier molecular flexibility index (Phi) is 3.01. The van der Waals surface area contributed by atoms with Gasteiger partial charge in [0.1, 0.15) is 0 Å². The lowest BCUT2D eigenvalue weighted by Gasteiger charge is -2.28. The molecule has 1 fully saturated rings. The zero-order valence-electron chi connectivity index (χ0n) is 12.1. The first-order chi connectivity index (χ1) is 10.7. The fraction of sp³-hybridized carbons (Fsp3) is 0.235. The number of morpholine rings is 1. The van der Waals surface area contributed by atoms with Gasteiger partial charge in [-0.3, -0.25) is 4.79 Å². The summed E-state index contributed by atoms with van der Waals surface area (Å²) in [4.78, 5) is 17.1. The Hall–Kier alpha value is -2.53. The Morgan fingerprint density at radius 2 is 1.86 bits per heavy atom. The van der Waals surface area contributed by atoms with Crippen molar-refractivity contribution in [1.29, 1.82) is 0 Å². The van der Waals surface area contributed by atoms with E-state index < -0.39 is 5.91 Å². The number of fused-ring (bicyclic) bond motifs is 3. The molecule has 0 spiro atoms. The number of aromatic nitrogens is 1. The van der Waals surface area contributed by atoms with Gasteiger partial charge in [-0.25, -0.2) is 0 Å². The van der Waals surface area contributed by atoms with Crippen LogP contribution in [0, 0.1) is 0 Å². The van der Waals surface area contributed by atoms with Crippen molar-refractivity contribution in [3.05, 3.63) is 42.0 Å². The zero-order valence-corrected chi connectivity index (χ0v) is 12.1. The molecule has 0 aliphatic carbocycles. The van der Waals surface area contributed by atoms with Gasteiger partial charge in [-0.2, -0.15) is 0 Å². The SMILES string of the molecule is NC(=O)c1ccc2[nH]c3cc(N4CCOCC4)ccc3c2c1. The van der Waals surface area contributed by atoms with Crippen molar-refractivity contribution in [1.82, 2.24) is 4.98 Å². The van der Waals surface area contributed by atoms with Crippen LogP contribution in [0.3, 0.4) is 0 Å². The molecule has 112 valence electrons. The first-order valence-corrected chi connectivity index (χ1v) is 7.40. The number of carbonyl (C=O) groups excluding carboxylic acids is 1. The lowest BCUT2D eigenvalue weighted by Crippen LogP contribution is -2.36. The summed E-state index contributed by atoms with van der Waals surface area (Å²) < 4.78 is 5.40. The third-order valence-corrected chi connectivity index (χ3v) is 4.24. The third-order valence-electron chi connectivity index (χ3n) is 4.24. The van der Waals surface area contributed by atoms with Crippen molar-refractivity contribution in [2.45, 2.75) is 0 Å². The largest absolute Gasteiger partial charge is 0.378 e. The van der Waals surface area contributed by atoms with Gasteiger partial charge in [-0.15, -0.1) is 0 Å². The van der Waals surface area contributed by atoms with Crippen LogP contribution < -0.4 is 10.6 Å². The molecule has 2 heterocycles. The molecular weight excluding hydrogens is 278 g/mol. The Morgan fingerprint density at radius 1 is 1.05 bits per heavy atom. The number of amides is 1. The summed E-state index contributed by atoms with van der Waals surface area (Å²) in [6, 6.07) is 11.9. The van der Waals surface area contributed by atoms with E-state index in [4.69, 9.17) is 10.5 Å². The lowest BCUT2D eigenvalue weighted by atomic mass is 10.1. The third kappa shape index (κ3) is 2.10. The van der Waals surface area contributed by atoms with Crippen LogP contribution in [0.15, 0.2) is 36.4 Å². The number of nitrogens with one attached hydrogen (secondary N) is 1. The molecule has 1 amide bonds. The number of rotatable bonds is 2. The first-order valence-electron chi connectivity index (χ1n) is 7.40. The molecule has 0 unspecified atom stereocenters. The average Bonchev–Trinajstić information content (AvgIpc) is 2.92. The van der Waals surface area contributed by atoms with E-state index in [1.165, 1.54) is 5.69 Å². The molecule has 0 radical (unpaired) electrons. The number of anilines is 1. The molecule has 0 atom stereocenters. The highest BCUT2D eigenvalue weighted by Gasteiger charge is 2.13. The fourth-order valence-electron chi connectivity index (χ4n) is 3.06. The summed E-state index contributed by atoms with van der Waals surface area (Å²) in [5.74, 6) is -0.402. The highest BCUT2D eigenvalue weighted by molar-refractivity contribution is 6.10. The maximum atomic E-state index is 11.4. The fourth-order valence-corrected chi connectivity index (χ4v) is 3.06. The molecule has 0 saturated carbocycles. The average molecular weight is 295 g/mol. The molecule has 3 N–H and O–H groups in total. The minimum absolute atomic E-state index is 0.402. The molecule has 1 saturated heterocycles. The van der Waals surface area contributed by atoms with E-state index in [1.54, 1.807) is 6.07 Å². The van der Waals surface area contributed by atoms with Crippen molar-refractivity contribution < 1.29 is 9.53 Å². The van der Waals surface area contributed by atoms with Gasteiger partial charge in [0.15, 0.2) is 0 Å². The van der Waals surface area contributed by atoms with Crippen LogP contribution >= 0.6 is 0 Å². The maximum absolute atomic E-state index is 11.4. The monoisotopic (exact) mass is 295 g/mol. The number of hydrogen-bond acceptors (Lipinski definition) is 3. The Morgan fingerprint density at radius 3 is 2.64 bits per heavy atom. The summed E-state index contributed by atoms with van der Waals surface area (Å²) in [5.41, 5.74) is 9.18. The van der Waals surface area contributed by atoms with E-state index in [1.807, 2.05) is 12.1 Å².